The molecule has 1 aromatic heterocycles. The van der Waals surface area contributed by atoms with Crippen molar-refractivity contribution in [3.05, 3.63) is 74.7 Å². The number of fused-ring (bicyclic) bond motifs is 2. The van der Waals surface area contributed by atoms with Crippen molar-refractivity contribution in [2.24, 2.45) is 0 Å². The van der Waals surface area contributed by atoms with E-state index in [1.165, 1.54) is 12.0 Å². The minimum absolute atomic E-state index is 0.0310. The van der Waals surface area contributed by atoms with E-state index >= 15 is 0 Å². The number of hydrogen-bond acceptors (Lipinski definition) is 7. The third-order valence-corrected chi connectivity index (χ3v) is 10.8. The Morgan fingerprint density at radius 1 is 1.08 bits per heavy atom. The number of carbonyl (C=O) groups is 2. The largest absolute Gasteiger partial charge is 0.496 e. The number of pyridine rings is 1. The fourth-order valence-electron chi connectivity index (χ4n) is 8.11. The molecule has 2 amide bonds. The predicted molar refractivity (Wildman–Crippen MR) is 190 cm³/mol. The van der Waals surface area contributed by atoms with E-state index in [0.29, 0.717) is 81.1 Å². The molecule has 0 atom stereocenters. The molecule has 2 fully saturated rings. The maximum Gasteiger partial charge on any atom is 0.401 e. The van der Waals surface area contributed by atoms with Gasteiger partial charge in [0.2, 0.25) is 5.91 Å². The van der Waals surface area contributed by atoms with Crippen molar-refractivity contribution in [2.75, 3.05) is 63.4 Å². The summed E-state index contributed by atoms with van der Waals surface area (Å²) in [5, 5.41) is 2.92. The van der Waals surface area contributed by atoms with Crippen LogP contribution in [0.25, 0.3) is 11.1 Å². The molecule has 10 nitrogen and oxygen atoms in total. The van der Waals surface area contributed by atoms with E-state index in [2.05, 4.69) is 21.3 Å². The highest BCUT2D eigenvalue weighted by molar-refractivity contribution is 6.08. The normalized spacial score (nSPS) is 17.9. The topological polar surface area (TPSA) is 107 Å². The number of amides is 2. The zero-order chi connectivity index (χ0) is 36.7. The number of aromatic nitrogens is 1. The summed E-state index contributed by atoms with van der Waals surface area (Å²) in [4.78, 5) is 48.6. The highest BCUT2D eigenvalue weighted by atomic mass is 19.4. The van der Waals surface area contributed by atoms with Gasteiger partial charge in [0.15, 0.2) is 0 Å². The van der Waals surface area contributed by atoms with Crippen LogP contribution in [0.3, 0.4) is 0 Å². The average Bonchev–Trinajstić information content (AvgIpc) is 3.29. The number of aryl methyl sites for hydroxylation is 1. The number of ether oxygens (including phenoxy) is 2. The second-order valence-electron chi connectivity index (χ2n) is 13.9. The van der Waals surface area contributed by atoms with Gasteiger partial charge in [0.05, 0.1) is 31.2 Å². The van der Waals surface area contributed by atoms with Crippen molar-refractivity contribution in [3.63, 3.8) is 0 Å². The van der Waals surface area contributed by atoms with Gasteiger partial charge in [0.25, 0.3) is 11.5 Å². The molecular weight excluding hydrogens is 663 g/mol. The number of nitrogens with one attached hydrogen (secondary N) is 2. The SMILES string of the molecule is CCN(c1cc(-c2ccc3c(c2)C2(CCOCC2)C(=O)N3C)cc(C(=O)NCc2c(OC)cc(C)[nH]c2=O)c1C)C1CCN(CC(F)(F)F)CC1. The second-order valence-corrected chi connectivity index (χ2v) is 13.9. The summed E-state index contributed by atoms with van der Waals surface area (Å²) in [6, 6.07) is 11.5. The first-order chi connectivity index (χ1) is 24.3. The zero-order valence-corrected chi connectivity index (χ0v) is 29.8. The van der Waals surface area contributed by atoms with Crippen LogP contribution < -0.4 is 25.4 Å². The lowest BCUT2D eigenvalue weighted by molar-refractivity contribution is -0.147. The van der Waals surface area contributed by atoms with E-state index in [1.54, 1.807) is 24.9 Å². The number of likely N-dealkylation sites (tertiary alicyclic amines) is 1. The summed E-state index contributed by atoms with van der Waals surface area (Å²) >= 11 is 0. The molecule has 274 valence electrons. The molecule has 3 aliphatic heterocycles. The van der Waals surface area contributed by atoms with Crippen molar-refractivity contribution in [1.82, 2.24) is 15.2 Å². The van der Waals surface area contributed by atoms with Crippen molar-refractivity contribution in [3.8, 4) is 16.9 Å². The highest BCUT2D eigenvalue weighted by Crippen LogP contribution is 2.48. The van der Waals surface area contributed by atoms with Gasteiger partial charge in [-0.05, 0) is 99.0 Å². The molecule has 0 aliphatic carbocycles. The van der Waals surface area contributed by atoms with Crippen molar-refractivity contribution in [2.45, 2.75) is 70.6 Å². The third kappa shape index (κ3) is 7.10. The summed E-state index contributed by atoms with van der Waals surface area (Å²) in [5.41, 5.74) is 5.25. The summed E-state index contributed by atoms with van der Waals surface area (Å²) in [6.45, 7) is 6.84. The van der Waals surface area contributed by atoms with Crippen LogP contribution in [0.4, 0.5) is 24.5 Å². The van der Waals surface area contributed by atoms with Crippen LogP contribution in [0, 0.1) is 13.8 Å². The standard InChI is InChI=1S/C38H46F3N5O5/c1-6-46(27-9-13-45(14-10-27)22-38(39,40)41)32-20-26(25-7-8-31-30(19-25)37(36(49)44(31)4)11-15-51-16-12-37)18-28(24(32)3)34(47)42-21-29-33(50-5)17-23(2)43-35(29)48/h7-8,17-20,27H,6,9-16,21-22H2,1-5H3,(H,42,47)(H,43,48). The number of rotatable bonds is 9. The predicted octanol–water partition coefficient (Wildman–Crippen LogP) is 5.47. The molecule has 4 heterocycles. The number of likely N-dealkylation sites (N-methyl/N-ethyl adjacent to an activating group) is 1. The van der Waals surface area contributed by atoms with Crippen molar-refractivity contribution in [1.29, 1.82) is 0 Å². The van der Waals surface area contributed by atoms with E-state index in [1.807, 2.05) is 38.1 Å². The second kappa shape index (κ2) is 14.3. The highest BCUT2D eigenvalue weighted by Gasteiger charge is 2.50. The molecule has 0 bridgehead atoms. The molecule has 0 saturated carbocycles. The minimum atomic E-state index is -4.25. The number of halogens is 3. The van der Waals surface area contributed by atoms with Gasteiger partial charge in [-0.15, -0.1) is 0 Å². The van der Waals surface area contributed by atoms with Crippen LogP contribution >= 0.6 is 0 Å². The number of alkyl halides is 3. The average molecular weight is 710 g/mol. The first-order valence-electron chi connectivity index (χ1n) is 17.5. The maximum absolute atomic E-state index is 14.1. The summed E-state index contributed by atoms with van der Waals surface area (Å²) in [6.07, 6.45) is -2.00. The molecule has 2 N–H and O–H groups in total. The fourth-order valence-corrected chi connectivity index (χ4v) is 8.11. The number of aromatic amines is 1. The Morgan fingerprint density at radius 3 is 2.43 bits per heavy atom. The number of benzene rings is 2. The smallest absolute Gasteiger partial charge is 0.401 e. The van der Waals surface area contributed by atoms with E-state index in [9.17, 15) is 27.6 Å². The van der Waals surface area contributed by atoms with E-state index in [4.69, 9.17) is 9.47 Å². The molecule has 2 saturated heterocycles. The number of H-pyrrole nitrogens is 1. The molecule has 3 aliphatic rings. The quantitative estimate of drug-likeness (QED) is 0.304. The molecule has 1 spiro atoms. The zero-order valence-electron chi connectivity index (χ0n) is 29.8. The van der Waals surface area contributed by atoms with Crippen LogP contribution in [0.2, 0.25) is 0 Å². The van der Waals surface area contributed by atoms with Gasteiger partial charge >= 0.3 is 6.18 Å². The number of methoxy groups -OCH3 is 1. The van der Waals surface area contributed by atoms with Crippen LogP contribution in [0.1, 0.15) is 65.3 Å². The summed E-state index contributed by atoms with van der Waals surface area (Å²) < 4.78 is 50.5. The van der Waals surface area contributed by atoms with Gasteiger partial charge in [-0.1, -0.05) is 6.07 Å². The van der Waals surface area contributed by atoms with Gasteiger partial charge in [-0.3, -0.25) is 19.3 Å². The Hall–Kier alpha value is -4.36. The van der Waals surface area contributed by atoms with Crippen LogP contribution in [0.5, 0.6) is 5.75 Å². The van der Waals surface area contributed by atoms with Crippen LogP contribution in [0.15, 0.2) is 41.2 Å². The van der Waals surface area contributed by atoms with Gasteiger partial charge in [0, 0.05) is 68.6 Å². The molecule has 51 heavy (non-hydrogen) atoms. The number of carbonyl (C=O) groups excluding carboxylic acids is 2. The van der Waals surface area contributed by atoms with E-state index < -0.39 is 18.1 Å². The Morgan fingerprint density at radius 2 is 1.78 bits per heavy atom. The van der Waals surface area contributed by atoms with Gasteiger partial charge < -0.3 is 29.6 Å². The molecule has 2 aromatic carbocycles. The molecule has 13 heteroatoms. The van der Waals surface area contributed by atoms with Crippen LogP contribution in [-0.2, 0) is 21.5 Å². The molecule has 0 unspecified atom stereocenters. The molecular formula is C38H46F3N5O5. The monoisotopic (exact) mass is 709 g/mol. The Bertz CT molecular complexity index is 1860. The molecule has 0 radical (unpaired) electrons. The van der Waals surface area contributed by atoms with E-state index in [-0.39, 0.29) is 30.0 Å². The van der Waals surface area contributed by atoms with Crippen LogP contribution in [-0.4, -0.2) is 87.5 Å². The lowest BCUT2D eigenvalue weighted by Crippen LogP contribution is -2.47. The molecule has 6 rings (SSSR count). The number of anilines is 2. The lowest BCUT2D eigenvalue weighted by Gasteiger charge is -2.40. The van der Waals surface area contributed by atoms with E-state index in [0.717, 1.165) is 33.6 Å². The Kier molecular flexibility index (Phi) is 10.2. The first kappa shape index (κ1) is 36.4. The Labute approximate surface area is 295 Å². The summed E-state index contributed by atoms with van der Waals surface area (Å²) in [7, 11) is 3.27. The minimum Gasteiger partial charge on any atom is -0.496 e. The van der Waals surface area contributed by atoms with Gasteiger partial charge in [-0.2, -0.15) is 13.2 Å². The summed E-state index contributed by atoms with van der Waals surface area (Å²) in [5.74, 6) is 0.0419. The Balaban J connectivity index is 1.40. The number of piperidine rings is 1. The van der Waals surface area contributed by atoms with Crippen molar-refractivity contribution >= 4 is 23.2 Å². The fraction of sp³-hybridized carbons (Fsp3) is 0.500. The van der Waals surface area contributed by atoms with Crippen molar-refractivity contribution < 1.29 is 32.2 Å². The lowest BCUT2D eigenvalue weighted by atomic mass is 9.74. The van der Waals surface area contributed by atoms with Gasteiger partial charge in [-0.25, -0.2) is 0 Å². The third-order valence-electron chi connectivity index (χ3n) is 10.8. The maximum atomic E-state index is 14.1. The molecule has 3 aromatic rings. The number of hydrogen-bond donors (Lipinski definition) is 2. The number of nitrogens with zero attached hydrogens (tertiary/aromatic N) is 3. The van der Waals surface area contributed by atoms with Gasteiger partial charge in [0.1, 0.15) is 5.75 Å². The first-order valence-corrected chi connectivity index (χ1v) is 17.5.